The van der Waals surface area contributed by atoms with Gasteiger partial charge in [-0.15, -0.1) is 0 Å². The van der Waals surface area contributed by atoms with Crippen molar-refractivity contribution in [3.63, 3.8) is 0 Å². The van der Waals surface area contributed by atoms with E-state index in [2.05, 4.69) is 0 Å². The van der Waals surface area contributed by atoms with Crippen LogP contribution >= 0.6 is 11.3 Å². The van der Waals surface area contributed by atoms with Crippen molar-refractivity contribution in [3.05, 3.63) is 22.4 Å². The highest BCUT2D eigenvalue weighted by atomic mass is 32.1. The van der Waals surface area contributed by atoms with Crippen LogP contribution in [-0.2, 0) is 16.0 Å². The summed E-state index contributed by atoms with van der Waals surface area (Å²) in [7, 11) is 0. The van der Waals surface area contributed by atoms with Gasteiger partial charge in [-0.05, 0) is 28.8 Å². The van der Waals surface area contributed by atoms with Crippen molar-refractivity contribution in [2.45, 2.75) is 19.8 Å². The number of carbonyl (C=O) groups is 1. The molecule has 0 fully saturated rings. The SMILES string of the molecule is CCCOC(=O)Cc1ccsc1. The summed E-state index contributed by atoms with van der Waals surface area (Å²) in [5, 5.41) is 3.93. The van der Waals surface area contributed by atoms with E-state index in [-0.39, 0.29) is 5.97 Å². The Morgan fingerprint density at radius 1 is 1.67 bits per heavy atom. The second-order valence-corrected chi connectivity index (χ2v) is 3.31. The van der Waals surface area contributed by atoms with E-state index in [1.165, 1.54) is 0 Å². The first kappa shape index (κ1) is 9.26. The van der Waals surface area contributed by atoms with Crippen molar-refractivity contribution in [2.24, 2.45) is 0 Å². The molecule has 0 aliphatic heterocycles. The molecule has 2 nitrogen and oxygen atoms in total. The molecule has 1 aromatic rings. The predicted molar refractivity (Wildman–Crippen MR) is 49.3 cm³/mol. The molecule has 0 unspecified atom stereocenters. The predicted octanol–water partition coefficient (Wildman–Crippen LogP) is 2.24. The molecule has 0 bridgehead atoms. The molecule has 0 saturated carbocycles. The van der Waals surface area contributed by atoms with Crippen molar-refractivity contribution >= 4 is 17.3 Å². The Morgan fingerprint density at radius 2 is 2.50 bits per heavy atom. The zero-order chi connectivity index (χ0) is 8.81. The lowest BCUT2D eigenvalue weighted by atomic mass is 10.2. The Morgan fingerprint density at radius 3 is 3.08 bits per heavy atom. The van der Waals surface area contributed by atoms with Gasteiger partial charge in [0.1, 0.15) is 0 Å². The minimum atomic E-state index is -0.129. The summed E-state index contributed by atoms with van der Waals surface area (Å²) in [5.41, 5.74) is 1.04. The van der Waals surface area contributed by atoms with Crippen LogP contribution in [0, 0.1) is 0 Å². The topological polar surface area (TPSA) is 26.3 Å². The van der Waals surface area contributed by atoms with Crippen LogP contribution in [0.2, 0.25) is 0 Å². The van der Waals surface area contributed by atoms with Crippen LogP contribution in [0.4, 0.5) is 0 Å². The second-order valence-electron chi connectivity index (χ2n) is 2.53. The summed E-state index contributed by atoms with van der Waals surface area (Å²) >= 11 is 1.60. The van der Waals surface area contributed by atoms with Gasteiger partial charge in [0.15, 0.2) is 0 Å². The van der Waals surface area contributed by atoms with Gasteiger partial charge in [-0.2, -0.15) is 11.3 Å². The number of hydrogen-bond acceptors (Lipinski definition) is 3. The lowest BCUT2D eigenvalue weighted by Crippen LogP contribution is -2.07. The summed E-state index contributed by atoms with van der Waals surface area (Å²) < 4.78 is 4.93. The highest BCUT2D eigenvalue weighted by Gasteiger charge is 2.03. The van der Waals surface area contributed by atoms with Crippen molar-refractivity contribution in [2.75, 3.05) is 6.61 Å². The van der Waals surface area contributed by atoms with Gasteiger partial charge in [0.2, 0.25) is 0 Å². The zero-order valence-electron chi connectivity index (χ0n) is 7.08. The molecule has 1 heterocycles. The second kappa shape index (κ2) is 4.93. The maximum atomic E-state index is 11.1. The molecular formula is C9H12O2S. The van der Waals surface area contributed by atoms with Gasteiger partial charge >= 0.3 is 5.97 Å². The Labute approximate surface area is 76.2 Å². The van der Waals surface area contributed by atoms with E-state index in [0.29, 0.717) is 13.0 Å². The standard InChI is InChI=1S/C9H12O2S/c1-2-4-11-9(10)6-8-3-5-12-7-8/h3,5,7H,2,4,6H2,1H3. The van der Waals surface area contributed by atoms with E-state index in [9.17, 15) is 4.79 Å². The van der Waals surface area contributed by atoms with Crippen LogP contribution in [-0.4, -0.2) is 12.6 Å². The fourth-order valence-electron chi connectivity index (χ4n) is 0.827. The van der Waals surface area contributed by atoms with Gasteiger partial charge in [0.05, 0.1) is 13.0 Å². The molecule has 0 atom stereocenters. The molecule has 0 amide bonds. The van der Waals surface area contributed by atoms with Gasteiger partial charge in [-0.3, -0.25) is 4.79 Å². The molecule has 0 aromatic carbocycles. The van der Waals surface area contributed by atoms with Gasteiger partial charge < -0.3 is 4.74 Å². The molecule has 66 valence electrons. The minimum absolute atomic E-state index is 0.129. The third-order valence-corrected chi connectivity index (χ3v) is 2.13. The zero-order valence-corrected chi connectivity index (χ0v) is 7.89. The van der Waals surface area contributed by atoms with Gasteiger partial charge in [-0.25, -0.2) is 0 Å². The highest BCUT2D eigenvalue weighted by Crippen LogP contribution is 2.07. The van der Waals surface area contributed by atoms with E-state index in [4.69, 9.17) is 4.74 Å². The van der Waals surface area contributed by atoms with Crippen LogP contribution in [0.3, 0.4) is 0 Å². The van der Waals surface area contributed by atoms with Crippen LogP contribution in [0.1, 0.15) is 18.9 Å². The van der Waals surface area contributed by atoms with Crippen LogP contribution < -0.4 is 0 Å². The third-order valence-electron chi connectivity index (χ3n) is 1.40. The lowest BCUT2D eigenvalue weighted by molar-refractivity contribution is -0.142. The summed E-state index contributed by atoms with van der Waals surface area (Å²) in [6, 6.07) is 1.94. The van der Waals surface area contributed by atoms with Crippen LogP contribution in [0.15, 0.2) is 16.8 Å². The number of rotatable bonds is 4. The Bertz CT molecular complexity index is 229. The molecular weight excluding hydrogens is 172 g/mol. The van der Waals surface area contributed by atoms with Crippen LogP contribution in [0.5, 0.6) is 0 Å². The van der Waals surface area contributed by atoms with Crippen molar-refractivity contribution < 1.29 is 9.53 Å². The Balaban J connectivity index is 2.27. The van der Waals surface area contributed by atoms with E-state index in [1.807, 2.05) is 23.8 Å². The first-order valence-electron chi connectivity index (χ1n) is 3.99. The van der Waals surface area contributed by atoms with Gasteiger partial charge in [0.25, 0.3) is 0 Å². The maximum absolute atomic E-state index is 11.1. The number of thiophene rings is 1. The summed E-state index contributed by atoms with van der Waals surface area (Å²) in [6.45, 7) is 2.51. The molecule has 0 radical (unpaired) electrons. The normalized spacial score (nSPS) is 9.75. The summed E-state index contributed by atoms with van der Waals surface area (Å²) in [4.78, 5) is 11.1. The van der Waals surface area contributed by atoms with Crippen molar-refractivity contribution in [3.8, 4) is 0 Å². The summed E-state index contributed by atoms with van der Waals surface area (Å²) in [6.07, 6.45) is 1.29. The fourth-order valence-corrected chi connectivity index (χ4v) is 1.50. The van der Waals surface area contributed by atoms with E-state index >= 15 is 0 Å². The first-order chi connectivity index (χ1) is 5.83. The summed E-state index contributed by atoms with van der Waals surface area (Å²) in [5.74, 6) is -0.129. The molecule has 3 heteroatoms. The average Bonchev–Trinajstić information content (AvgIpc) is 2.53. The lowest BCUT2D eigenvalue weighted by Gasteiger charge is -2.00. The molecule has 0 N–H and O–H groups in total. The maximum Gasteiger partial charge on any atom is 0.310 e. The molecule has 12 heavy (non-hydrogen) atoms. The molecule has 1 aromatic heterocycles. The monoisotopic (exact) mass is 184 g/mol. The number of hydrogen-bond donors (Lipinski definition) is 0. The van der Waals surface area contributed by atoms with Crippen LogP contribution in [0.25, 0.3) is 0 Å². The molecule has 0 spiro atoms. The number of carbonyl (C=O) groups excluding carboxylic acids is 1. The quantitative estimate of drug-likeness (QED) is 0.671. The van der Waals surface area contributed by atoms with Gasteiger partial charge in [0, 0.05) is 0 Å². The molecule has 0 saturated heterocycles. The van der Waals surface area contributed by atoms with E-state index in [0.717, 1.165) is 12.0 Å². The van der Waals surface area contributed by atoms with E-state index in [1.54, 1.807) is 11.3 Å². The van der Waals surface area contributed by atoms with Crippen molar-refractivity contribution in [1.82, 2.24) is 0 Å². The van der Waals surface area contributed by atoms with E-state index < -0.39 is 0 Å². The fraction of sp³-hybridized carbons (Fsp3) is 0.444. The largest absolute Gasteiger partial charge is 0.465 e. The number of esters is 1. The third kappa shape index (κ3) is 3.05. The molecule has 1 rings (SSSR count). The molecule has 0 aliphatic carbocycles. The highest BCUT2D eigenvalue weighted by molar-refractivity contribution is 7.07. The first-order valence-corrected chi connectivity index (χ1v) is 4.94. The van der Waals surface area contributed by atoms with Gasteiger partial charge in [-0.1, -0.05) is 6.92 Å². The molecule has 0 aliphatic rings. The smallest absolute Gasteiger partial charge is 0.310 e. The Kier molecular flexibility index (Phi) is 3.80. The van der Waals surface area contributed by atoms with Crippen molar-refractivity contribution in [1.29, 1.82) is 0 Å². The Hall–Kier alpha value is -0.830. The number of ether oxygens (including phenoxy) is 1. The minimum Gasteiger partial charge on any atom is -0.465 e. The average molecular weight is 184 g/mol.